The molecule has 0 aromatic carbocycles. The van der Waals surface area contributed by atoms with Gasteiger partial charge in [0.05, 0.1) is 0 Å². The fraction of sp³-hybridized carbons (Fsp3) is 0.583. The highest BCUT2D eigenvalue weighted by Crippen LogP contribution is 2.16. The van der Waals surface area contributed by atoms with Crippen molar-refractivity contribution in [2.24, 2.45) is 0 Å². The van der Waals surface area contributed by atoms with E-state index in [9.17, 15) is 4.79 Å². The second-order valence-corrected chi connectivity index (χ2v) is 5.30. The molecular weight excluding hydrogens is 287 g/mol. The van der Waals surface area contributed by atoms with E-state index in [1.165, 1.54) is 18.9 Å². The van der Waals surface area contributed by atoms with Gasteiger partial charge in [-0.2, -0.15) is 0 Å². The molecule has 1 aromatic heterocycles. The highest BCUT2D eigenvalue weighted by molar-refractivity contribution is 6.32. The molecule has 2 rings (SSSR count). The number of carbonyl (C=O) groups excluding carboxylic acids is 1. The van der Waals surface area contributed by atoms with Gasteiger partial charge in [0, 0.05) is 18.5 Å². The average Bonchev–Trinajstić information content (AvgIpc) is 2.36. The summed E-state index contributed by atoms with van der Waals surface area (Å²) in [7, 11) is 0. The van der Waals surface area contributed by atoms with Crippen LogP contribution in [0.1, 0.15) is 32.1 Å². The van der Waals surface area contributed by atoms with E-state index in [2.05, 4.69) is 20.6 Å². The van der Waals surface area contributed by atoms with Crippen LogP contribution in [-0.2, 0) is 4.79 Å². The van der Waals surface area contributed by atoms with Gasteiger partial charge in [0.15, 0.2) is 0 Å². The predicted molar refractivity (Wildman–Crippen MR) is 75.6 cm³/mol. The zero-order valence-corrected chi connectivity index (χ0v) is 12.0. The van der Waals surface area contributed by atoms with E-state index in [-0.39, 0.29) is 16.3 Å². The van der Waals surface area contributed by atoms with Gasteiger partial charge in [0.1, 0.15) is 11.0 Å². The molecule has 1 aliphatic heterocycles. The van der Waals surface area contributed by atoms with Gasteiger partial charge >= 0.3 is 0 Å². The Balaban J connectivity index is 1.80. The molecule has 2 heterocycles. The molecular formula is C12H16Cl2N4O. The molecule has 1 saturated heterocycles. The lowest BCUT2D eigenvalue weighted by Crippen LogP contribution is -2.34. The number of hydrogen-bond donors (Lipinski definition) is 2. The summed E-state index contributed by atoms with van der Waals surface area (Å²) in [5.41, 5.74) is 0. The van der Waals surface area contributed by atoms with E-state index in [4.69, 9.17) is 23.2 Å². The van der Waals surface area contributed by atoms with Crippen LogP contribution in [0.3, 0.4) is 0 Å². The summed E-state index contributed by atoms with van der Waals surface area (Å²) in [6.45, 7) is 1.05. The summed E-state index contributed by atoms with van der Waals surface area (Å²) in [5.74, 6) is 0.254. The third-order valence-electron chi connectivity index (χ3n) is 3.07. The van der Waals surface area contributed by atoms with Gasteiger partial charge in [0.25, 0.3) is 0 Å². The second-order valence-electron chi connectivity index (χ2n) is 4.58. The van der Waals surface area contributed by atoms with Crippen LogP contribution in [0.25, 0.3) is 0 Å². The van der Waals surface area contributed by atoms with Gasteiger partial charge in [-0.25, -0.2) is 9.97 Å². The largest absolute Gasteiger partial charge is 0.314 e. The van der Waals surface area contributed by atoms with E-state index >= 15 is 0 Å². The van der Waals surface area contributed by atoms with Gasteiger partial charge in [-0.15, -0.1) is 0 Å². The van der Waals surface area contributed by atoms with Crippen molar-refractivity contribution in [2.75, 3.05) is 11.9 Å². The van der Waals surface area contributed by atoms with Crippen LogP contribution in [0.4, 0.5) is 5.82 Å². The normalized spacial score (nSPS) is 19.2. The van der Waals surface area contributed by atoms with Crippen LogP contribution in [-0.4, -0.2) is 28.5 Å². The topological polar surface area (TPSA) is 66.9 Å². The lowest BCUT2D eigenvalue weighted by molar-refractivity contribution is -0.116. The number of amides is 1. The maximum Gasteiger partial charge on any atom is 0.225 e. The fourth-order valence-electron chi connectivity index (χ4n) is 2.13. The van der Waals surface area contributed by atoms with Crippen LogP contribution in [0.15, 0.2) is 6.07 Å². The number of halogens is 2. The first kappa shape index (κ1) is 14.5. The van der Waals surface area contributed by atoms with Crippen molar-refractivity contribution >= 4 is 34.9 Å². The van der Waals surface area contributed by atoms with E-state index in [0.29, 0.717) is 18.3 Å². The summed E-state index contributed by atoms with van der Waals surface area (Å²) >= 11 is 11.4. The zero-order chi connectivity index (χ0) is 13.7. The quantitative estimate of drug-likeness (QED) is 0.663. The molecule has 2 N–H and O–H groups in total. The smallest absolute Gasteiger partial charge is 0.225 e. The average molecular weight is 303 g/mol. The Morgan fingerprint density at radius 2 is 2.26 bits per heavy atom. The lowest BCUT2D eigenvalue weighted by Gasteiger charge is -2.22. The van der Waals surface area contributed by atoms with E-state index in [0.717, 1.165) is 19.4 Å². The maximum absolute atomic E-state index is 11.8. The Bertz CT molecular complexity index is 429. The minimum Gasteiger partial charge on any atom is -0.314 e. The van der Waals surface area contributed by atoms with Gasteiger partial charge in [-0.05, 0) is 37.4 Å². The van der Waals surface area contributed by atoms with Gasteiger partial charge in [-0.1, -0.05) is 18.0 Å². The molecule has 1 unspecified atom stereocenters. The predicted octanol–water partition coefficient (Wildman–Crippen LogP) is 2.64. The summed E-state index contributed by atoms with van der Waals surface area (Å²) < 4.78 is 0. The third kappa shape index (κ3) is 4.93. The van der Waals surface area contributed by atoms with Crippen molar-refractivity contribution in [3.63, 3.8) is 0 Å². The van der Waals surface area contributed by atoms with Crippen molar-refractivity contribution in [3.05, 3.63) is 16.5 Å². The number of anilines is 1. The van der Waals surface area contributed by atoms with E-state index in [1.807, 2.05) is 0 Å². The first-order valence-corrected chi connectivity index (χ1v) is 7.12. The minimum absolute atomic E-state index is 0.0248. The SMILES string of the molecule is O=C(CCC1CCCCN1)Nc1cc(Cl)nc(Cl)n1. The summed E-state index contributed by atoms with van der Waals surface area (Å²) in [5, 5.41) is 6.32. The number of aromatic nitrogens is 2. The Labute approximate surface area is 122 Å². The van der Waals surface area contributed by atoms with Gasteiger partial charge < -0.3 is 10.6 Å². The number of carbonyl (C=O) groups is 1. The molecule has 1 aromatic rings. The van der Waals surface area contributed by atoms with Crippen LogP contribution >= 0.6 is 23.2 Å². The minimum atomic E-state index is -0.0850. The Morgan fingerprint density at radius 3 is 2.95 bits per heavy atom. The van der Waals surface area contributed by atoms with Crippen molar-refractivity contribution in [2.45, 2.75) is 38.1 Å². The number of rotatable bonds is 4. The molecule has 0 spiro atoms. The van der Waals surface area contributed by atoms with Crippen LogP contribution < -0.4 is 10.6 Å². The Kier molecular flexibility index (Phi) is 5.36. The van der Waals surface area contributed by atoms with Gasteiger partial charge in [0.2, 0.25) is 11.2 Å². The molecule has 5 nitrogen and oxygen atoms in total. The molecule has 19 heavy (non-hydrogen) atoms. The summed E-state index contributed by atoms with van der Waals surface area (Å²) in [4.78, 5) is 19.4. The van der Waals surface area contributed by atoms with Crippen molar-refractivity contribution in [1.29, 1.82) is 0 Å². The highest BCUT2D eigenvalue weighted by Gasteiger charge is 2.14. The van der Waals surface area contributed by atoms with Gasteiger partial charge in [-0.3, -0.25) is 4.79 Å². The molecule has 0 aliphatic carbocycles. The number of nitrogens with one attached hydrogen (secondary N) is 2. The lowest BCUT2D eigenvalue weighted by atomic mass is 10.0. The standard InChI is InChI=1S/C12H16Cl2N4O/c13-9-7-10(18-12(14)16-9)17-11(19)5-4-8-3-1-2-6-15-8/h7-8,15H,1-6H2,(H,16,17,18,19). The fourth-order valence-corrected chi connectivity index (χ4v) is 2.54. The zero-order valence-electron chi connectivity index (χ0n) is 10.5. The second kappa shape index (κ2) is 7.03. The molecule has 1 amide bonds. The number of nitrogens with zero attached hydrogens (tertiary/aromatic N) is 2. The summed E-state index contributed by atoms with van der Waals surface area (Å²) in [6, 6.07) is 1.92. The number of hydrogen-bond acceptors (Lipinski definition) is 4. The molecule has 1 atom stereocenters. The Hall–Kier alpha value is -0.910. The first-order chi connectivity index (χ1) is 9.13. The molecule has 1 aliphatic rings. The highest BCUT2D eigenvalue weighted by atomic mass is 35.5. The van der Waals surface area contributed by atoms with Crippen molar-refractivity contribution in [1.82, 2.24) is 15.3 Å². The van der Waals surface area contributed by atoms with Crippen LogP contribution in [0.2, 0.25) is 10.4 Å². The van der Waals surface area contributed by atoms with Crippen molar-refractivity contribution < 1.29 is 4.79 Å². The summed E-state index contributed by atoms with van der Waals surface area (Å²) in [6.07, 6.45) is 4.88. The molecule has 104 valence electrons. The maximum atomic E-state index is 11.8. The van der Waals surface area contributed by atoms with Crippen LogP contribution in [0.5, 0.6) is 0 Å². The Morgan fingerprint density at radius 1 is 1.42 bits per heavy atom. The van der Waals surface area contributed by atoms with Crippen molar-refractivity contribution in [3.8, 4) is 0 Å². The van der Waals surface area contributed by atoms with Crippen LogP contribution in [0, 0.1) is 0 Å². The molecule has 0 bridgehead atoms. The molecule has 1 fully saturated rings. The number of piperidine rings is 1. The first-order valence-electron chi connectivity index (χ1n) is 6.37. The molecule has 0 saturated carbocycles. The molecule has 7 heteroatoms. The monoisotopic (exact) mass is 302 g/mol. The molecule has 0 radical (unpaired) electrons. The van der Waals surface area contributed by atoms with E-state index in [1.54, 1.807) is 0 Å². The third-order valence-corrected chi connectivity index (χ3v) is 3.43. The van der Waals surface area contributed by atoms with E-state index < -0.39 is 0 Å².